The molecule has 0 fully saturated rings. The molecule has 0 saturated carbocycles. The Morgan fingerprint density at radius 1 is 0.935 bits per heavy atom. The molecule has 1 heterocycles. The maximum absolute atomic E-state index is 10.7. The van der Waals surface area contributed by atoms with Crippen molar-refractivity contribution < 1.29 is 14.6 Å². The van der Waals surface area contributed by atoms with Crippen molar-refractivity contribution in [2.24, 2.45) is 0 Å². The number of fused-ring (bicyclic) bond motifs is 5. The minimum absolute atomic E-state index is 0. The van der Waals surface area contributed by atoms with E-state index < -0.39 is 0 Å². The lowest BCUT2D eigenvalue weighted by Crippen LogP contribution is -2.16. The molecule has 1 aliphatic rings. The summed E-state index contributed by atoms with van der Waals surface area (Å²) in [6, 6.07) is 20.1. The molecule has 6 heteroatoms. The van der Waals surface area contributed by atoms with Crippen molar-refractivity contribution in [1.29, 1.82) is 0 Å². The van der Waals surface area contributed by atoms with Gasteiger partial charge in [-0.05, 0) is 29.0 Å². The lowest BCUT2D eigenvalue weighted by atomic mass is 9.75. The molecule has 0 bridgehead atoms. The molecule has 0 amide bonds. The van der Waals surface area contributed by atoms with Crippen molar-refractivity contribution in [3.05, 3.63) is 77.4 Å². The zero-order valence-electron chi connectivity index (χ0n) is 17.3. The molecule has 4 aromatic rings. The van der Waals surface area contributed by atoms with Crippen LogP contribution in [0.1, 0.15) is 22.6 Å². The lowest BCUT2D eigenvalue weighted by molar-refractivity contribution is 0.336. The number of nitrogens with two attached hydrogens (primary N) is 1. The van der Waals surface area contributed by atoms with Crippen LogP contribution in [0, 0.1) is 0 Å². The van der Waals surface area contributed by atoms with Crippen molar-refractivity contribution in [3.63, 3.8) is 0 Å². The number of hydrogen-bond donors (Lipinski definition) is 2. The highest BCUT2D eigenvalue weighted by Crippen LogP contribution is 2.50. The van der Waals surface area contributed by atoms with E-state index in [2.05, 4.69) is 18.2 Å². The van der Waals surface area contributed by atoms with Crippen LogP contribution >= 0.6 is 12.4 Å². The maximum Gasteiger partial charge on any atom is 0.201 e. The zero-order chi connectivity index (χ0) is 20.8. The summed E-state index contributed by atoms with van der Waals surface area (Å²) < 4.78 is 10.9. The number of nitrogen functional groups attached to an aromatic ring is 1. The van der Waals surface area contributed by atoms with E-state index >= 15 is 0 Å². The van der Waals surface area contributed by atoms with Gasteiger partial charge < -0.3 is 20.3 Å². The van der Waals surface area contributed by atoms with Gasteiger partial charge in [0, 0.05) is 22.4 Å². The summed E-state index contributed by atoms with van der Waals surface area (Å²) in [4.78, 5) is 4.82. The fourth-order valence-electron chi connectivity index (χ4n) is 4.61. The fraction of sp³-hybridized carbons (Fsp3) is 0.160. The fourth-order valence-corrected chi connectivity index (χ4v) is 4.61. The first kappa shape index (κ1) is 20.8. The Kier molecular flexibility index (Phi) is 5.38. The average molecular weight is 435 g/mol. The second-order valence-electron chi connectivity index (χ2n) is 7.46. The number of nitrogens with zero attached hydrogens (tertiary/aromatic N) is 1. The summed E-state index contributed by atoms with van der Waals surface area (Å²) in [5, 5.41) is 12.7. The minimum atomic E-state index is -0.0559. The van der Waals surface area contributed by atoms with E-state index in [1.807, 2.05) is 36.4 Å². The van der Waals surface area contributed by atoms with Crippen LogP contribution in [0.2, 0.25) is 0 Å². The van der Waals surface area contributed by atoms with Gasteiger partial charge in [0.2, 0.25) is 5.75 Å². The van der Waals surface area contributed by atoms with Crippen LogP contribution < -0.4 is 15.2 Å². The monoisotopic (exact) mass is 434 g/mol. The minimum Gasteiger partial charge on any atom is -0.502 e. The van der Waals surface area contributed by atoms with Gasteiger partial charge in [-0.25, -0.2) is 4.98 Å². The van der Waals surface area contributed by atoms with Gasteiger partial charge in [-0.3, -0.25) is 0 Å². The van der Waals surface area contributed by atoms with Crippen molar-refractivity contribution >= 4 is 29.0 Å². The number of ether oxygens (including phenoxy) is 2. The third kappa shape index (κ3) is 3.13. The standard InChI is InChI=1S/C25H22N2O3.ClH/c1-29-20-12-11-17(24(30-2)23(20)28)19-13-14-7-3-4-8-15(14)22-21(19)16-9-5-6-10-18(16)25(26)27-22;/h3-12,19,28H,13H2,1-2H3,(H2,26,27);1H. The largest absolute Gasteiger partial charge is 0.502 e. The van der Waals surface area contributed by atoms with Crippen LogP contribution in [0.25, 0.3) is 22.0 Å². The topological polar surface area (TPSA) is 77.6 Å². The van der Waals surface area contributed by atoms with Gasteiger partial charge in [0.15, 0.2) is 11.5 Å². The third-order valence-electron chi connectivity index (χ3n) is 5.95. The Morgan fingerprint density at radius 2 is 1.65 bits per heavy atom. The molecule has 3 N–H and O–H groups in total. The van der Waals surface area contributed by atoms with Crippen LogP contribution in [0.3, 0.4) is 0 Å². The molecule has 5 rings (SSSR count). The van der Waals surface area contributed by atoms with Crippen molar-refractivity contribution in [1.82, 2.24) is 4.98 Å². The number of pyridine rings is 1. The first-order valence-corrected chi connectivity index (χ1v) is 9.84. The van der Waals surface area contributed by atoms with E-state index in [9.17, 15) is 5.11 Å². The van der Waals surface area contributed by atoms with Crippen molar-refractivity contribution in [3.8, 4) is 28.5 Å². The molecule has 1 aromatic heterocycles. The Morgan fingerprint density at radius 3 is 2.39 bits per heavy atom. The predicted octanol–water partition coefficient (Wildman–Crippen LogP) is 5.32. The summed E-state index contributed by atoms with van der Waals surface area (Å²) in [6.07, 6.45) is 0.765. The Balaban J connectivity index is 0.00000231. The molecule has 0 aliphatic heterocycles. The number of phenols is 1. The van der Waals surface area contributed by atoms with E-state index in [0.29, 0.717) is 17.3 Å². The lowest BCUT2D eigenvalue weighted by Gasteiger charge is -2.30. The first-order chi connectivity index (χ1) is 14.6. The van der Waals surface area contributed by atoms with Gasteiger partial charge in [0.05, 0.1) is 19.9 Å². The normalized spacial score (nSPS) is 14.3. The molecule has 31 heavy (non-hydrogen) atoms. The maximum atomic E-state index is 10.7. The summed E-state index contributed by atoms with van der Waals surface area (Å²) in [6.45, 7) is 0. The van der Waals surface area contributed by atoms with Gasteiger partial charge in [-0.15, -0.1) is 12.4 Å². The second kappa shape index (κ2) is 8.00. The highest BCUT2D eigenvalue weighted by Gasteiger charge is 2.32. The number of halogens is 1. The number of hydrogen-bond acceptors (Lipinski definition) is 5. The van der Waals surface area contributed by atoms with Crippen molar-refractivity contribution in [2.75, 3.05) is 20.0 Å². The molecule has 0 saturated heterocycles. The summed E-state index contributed by atoms with van der Waals surface area (Å²) in [7, 11) is 3.09. The molecule has 0 spiro atoms. The van der Waals surface area contributed by atoms with Gasteiger partial charge in [-0.2, -0.15) is 0 Å². The summed E-state index contributed by atoms with van der Waals surface area (Å²) in [5.41, 5.74) is 11.5. The van der Waals surface area contributed by atoms with E-state index in [1.165, 1.54) is 12.7 Å². The Bertz CT molecular complexity index is 1290. The van der Waals surface area contributed by atoms with Crippen LogP contribution in [-0.4, -0.2) is 24.3 Å². The number of anilines is 1. The van der Waals surface area contributed by atoms with Gasteiger partial charge in [0.1, 0.15) is 5.82 Å². The summed E-state index contributed by atoms with van der Waals surface area (Å²) in [5.74, 6) is 1.27. The van der Waals surface area contributed by atoms with Crippen LogP contribution in [0.4, 0.5) is 5.82 Å². The van der Waals surface area contributed by atoms with E-state index in [0.717, 1.165) is 39.6 Å². The van der Waals surface area contributed by atoms with Gasteiger partial charge >= 0.3 is 0 Å². The molecule has 158 valence electrons. The van der Waals surface area contributed by atoms with Crippen LogP contribution in [0.5, 0.6) is 17.2 Å². The molecule has 5 nitrogen and oxygen atoms in total. The Labute approximate surface area is 186 Å². The Hall–Kier alpha value is -3.44. The van der Waals surface area contributed by atoms with Crippen molar-refractivity contribution in [2.45, 2.75) is 12.3 Å². The number of phenolic OH excluding ortho intramolecular Hbond substituents is 1. The number of benzene rings is 3. The average Bonchev–Trinajstić information content (AvgIpc) is 2.78. The summed E-state index contributed by atoms with van der Waals surface area (Å²) >= 11 is 0. The molecule has 1 unspecified atom stereocenters. The first-order valence-electron chi connectivity index (χ1n) is 9.84. The highest BCUT2D eigenvalue weighted by molar-refractivity contribution is 5.98. The molecule has 3 aromatic carbocycles. The SMILES string of the molecule is COc1ccc(C2Cc3ccccc3-c3nc(N)c4ccccc4c32)c(OC)c1O.Cl. The van der Waals surface area contributed by atoms with E-state index in [1.54, 1.807) is 13.2 Å². The molecule has 0 radical (unpaired) electrons. The van der Waals surface area contributed by atoms with Gasteiger partial charge in [-0.1, -0.05) is 54.6 Å². The number of aromatic nitrogens is 1. The highest BCUT2D eigenvalue weighted by atomic mass is 35.5. The third-order valence-corrected chi connectivity index (χ3v) is 5.95. The molecular formula is C25H23ClN2O3. The zero-order valence-corrected chi connectivity index (χ0v) is 18.1. The van der Waals surface area contributed by atoms with E-state index in [4.69, 9.17) is 20.2 Å². The van der Waals surface area contributed by atoms with E-state index in [-0.39, 0.29) is 24.1 Å². The second-order valence-corrected chi connectivity index (χ2v) is 7.46. The quantitative estimate of drug-likeness (QED) is 0.456. The molecular weight excluding hydrogens is 412 g/mol. The molecule has 1 atom stereocenters. The smallest absolute Gasteiger partial charge is 0.201 e. The molecule has 1 aliphatic carbocycles. The van der Waals surface area contributed by atoms with Crippen LogP contribution in [-0.2, 0) is 6.42 Å². The predicted molar refractivity (Wildman–Crippen MR) is 126 cm³/mol. The number of rotatable bonds is 3. The number of aromatic hydroxyl groups is 1. The van der Waals surface area contributed by atoms with Gasteiger partial charge in [0.25, 0.3) is 0 Å². The van der Waals surface area contributed by atoms with Crippen LogP contribution in [0.15, 0.2) is 60.7 Å². The number of methoxy groups -OCH3 is 2.